The molecular weight excluding hydrogens is 705 g/mol. The number of aliphatic hydroxyl groups is 2. The number of hydrogen-bond donors (Lipinski definition) is 2. The van der Waals surface area contributed by atoms with Gasteiger partial charge in [-0.15, -0.1) is 0 Å². The van der Waals surface area contributed by atoms with E-state index in [2.05, 4.69) is 13.8 Å². The van der Waals surface area contributed by atoms with Gasteiger partial charge in [0, 0.05) is 0 Å². The zero-order valence-electron chi connectivity index (χ0n) is 39.3. The maximum Gasteiger partial charge on any atom is 0.0880 e. The Morgan fingerprint density at radius 2 is 0.491 bits per heavy atom. The summed E-state index contributed by atoms with van der Waals surface area (Å²) in [5, 5.41) is 20.4. The van der Waals surface area contributed by atoms with Gasteiger partial charge in [-0.25, -0.2) is 0 Å². The van der Waals surface area contributed by atoms with Crippen molar-refractivity contribution in [2.24, 2.45) is 0 Å². The Kier molecular flexibility index (Phi) is 50.0. The summed E-state index contributed by atoms with van der Waals surface area (Å²) in [4.78, 5) is 0. The minimum absolute atomic E-state index is 0.0424. The molecule has 0 amide bonds. The van der Waals surface area contributed by atoms with Crippen LogP contribution in [0, 0.1) is 0 Å². The first-order valence-electron chi connectivity index (χ1n) is 26.2. The predicted octanol–water partition coefficient (Wildman–Crippen LogP) is 16.2. The molecule has 0 fully saturated rings. The molecule has 0 bridgehead atoms. The van der Waals surface area contributed by atoms with Crippen LogP contribution in [0.15, 0.2) is 0 Å². The summed E-state index contributed by atoms with van der Waals surface area (Å²) in [6.45, 7) is 7.42. The Balaban J connectivity index is 3.91. The molecule has 5 nitrogen and oxygen atoms in total. The van der Waals surface area contributed by atoms with Crippen LogP contribution in [0.1, 0.15) is 284 Å². The van der Waals surface area contributed by atoms with Crippen molar-refractivity contribution < 1.29 is 24.4 Å². The average Bonchev–Trinajstić information content (AvgIpc) is 3.21. The van der Waals surface area contributed by atoms with E-state index in [4.69, 9.17) is 19.3 Å². The SMILES string of the molecule is CCCCCCCCCCCCCCCCCCCCCCC(O)(CCCCCCCCCCCCCCCCCCCCCC)COCCOCCOCCO. The molecule has 57 heavy (non-hydrogen) atoms. The van der Waals surface area contributed by atoms with E-state index in [0.717, 1.165) is 25.7 Å². The highest BCUT2D eigenvalue weighted by atomic mass is 16.5. The van der Waals surface area contributed by atoms with Crippen molar-refractivity contribution in [2.75, 3.05) is 46.2 Å². The van der Waals surface area contributed by atoms with Crippen molar-refractivity contribution in [1.29, 1.82) is 0 Å². The van der Waals surface area contributed by atoms with Gasteiger partial charge in [-0.05, 0) is 12.8 Å². The summed E-state index contributed by atoms with van der Waals surface area (Å²) in [6.07, 6.45) is 57.3. The lowest BCUT2D eigenvalue weighted by atomic mass is 9.90. The van der Waals surface area contributed by atoms with E-state index in [9.17, 15) is 5.11 Å². The van der Waals surface area contributed by atoms with Crippen LogP contribution in [0.5, 0.6) is 0 Å². The summed E-state index contributed by atoms with van der Waals surface area (Å²) in [5.41, 5.74) is -0.716. The van der Waals surface area contributed by atoms with Crippen LogP contribution >= 0.6 is 0 Å². The molecule has 0 aromatic heterocycles. The molecule has 344 valence electrons. The lowest BCUT2D eigenvalue weighted by Gasteiger charge is -2.28. The number of aliphatic hydroxyl groups excluding tert-OH is 1. The monoisotopic (exact) mass is 811 g/mol. The Hall–Kier alpha value is -0.200. The topological polar surface area (TPSA) is 68.2 Å². The molecule has 0 atom stereocenters. The molecule has 0 radical (unpaired) electrons. The first-order valence-corrected chi connectivity index (χ1v) is 26.2. The fourth-order valence-corrected chi connectivity index (χ4v) is 8.45. The van der Waals surface area contributed by atoms with Crippen LogP contribution in [0.3, 0.4) is 0 Å². The second-order valence-corrected chi connectivity index (χ2v) is 18.2. The highest BCUT2D eigenvalue weighted by molar-refractivity contribution is 4.78. The van der Waals surface area contributed by atoms with E-state index < -0.39 is 5.60 Å². The normalized spacial score (nSPS) is 12.0. The van der Waals surface area contributed by atoms with Crippen molar-refractivity contribution in [3.05, 3.63) is 0 Å². The predicted molar refractivity (Wildman–Crippen MR) is 250 cm³/mol. The Labute approximate surface area is 358 Å². The Morgan fingerprint density at radius 1 is 0.281 bits per heavy atom. The van der Waals surface area contributed by atoms with Crippen LogP contribution in [-0.2, 0) is 14.2 Å². The molecule has 0 saturated heterocycles. The van der Waals surface area contributed by atoms with E-state index in [-0.39, 0.29) is 6.61 Å². The van der Waals surface area contributed by atoms with Crippen molar-refractivity contribution in [3.63, 3.8) is 0 Å². The highest BCUT2D eigenvalue weighted by Crippen LogP contribution is 2.25. The largest absolute Gasteiger partial charge is 0.394 e. The third-order valence-corrected chi connectivity index (χ3v) is 12.3. The average molecular weight is 811 g/mol. The summed E-state index contributed by atoms with van der Waals surface area (Å²) in [6, 6.07) is 0. The molecule has 0 heterocycles. The van der Waals surface area contributed by atoms with Gasteiger partial charge in [0.05, 0.1) is 51.8 Å². The lowest BCUT2D eigenvalue weighted by molar-refractivity contribution is -0.0720. The van der Waals surface area contributed by atoms with Gasteiger partial charge in [-0.1, -0.05) is 271 Å². The van der Waals surface area contributed by atoms with Crippen LogP contribution < -0.4 is 0 Å². The minimum Gasteiger partial charge on any atom is -0.394 e. The Bertz CT molecular complexity index is 658. The molecule has 0 rings (SSSR count). The molecule has 0 saturated carbocycles. The number of ether oxygens (including phenoxy) is 3. The van der Waals surface area contributed by atoms with Crippen molar-refractivity contribution >= 4 is 0 Å². The van der Waals surface area contributed by atoms with E-state index >= 15 is 0 Å². The standard InChI is InChI=1S/C52H106O5/c1-3-5-7-9-11-13-15-17-19-21-23-25-27-29-31-33-35-37-39-41-43-52(54,51-57-50-49-56-48-47-55-46-45-53)44-42-40-38-36-34-32-30-28-26-24-22-20-18-16-14-12-10-8-6-4-2/h53-54H,3-51H2,1-2H3. The maximum absolute atomic E-state index is 11.6. The molecule has 5 heteroatoms. The van der Waals surface area contributed by atoms with E-state index in [1.807, 2.05) is 0 Å². The number of rotatable bonds is 52. The van der Waals surface area contributed by atoms with Crippen LogP contribution in [0.25, 0.3) is 0 Å². The molecule has 0 aromatic rings. The fraction of sp³-hybridized carbons (Fsp3) is 1.00. The van der Waals surface area contributed by atoms with Crippen LogP contribution in [0.4, 0.5) is 0 Å². The summed E-state index contributed by atoms with van der Waals surface area (Å²) in [7, 11) is 0. The zero-order chi connectivity index (χ0) is 41.3. The Morgan fingerprint density at radius 3 is 0.737 bits per heavy atom. The smallest absolute Gasteiger partial charge is 0.0880 e. The molecule has 0 aliphatic heterocycles. The zero-order valence-corrected chi connectivity index (χ0v) is 39.3. The quantitative estimate of drug-likeness (QED) is 0.0599. The molecule has 0 unspecified atom stereocenters. The maximum atomic E-state index is 11.6. The van der Waals surface area contributed by atoms with Crippen LogP contribution in [0.2, 0.25) is 0 Å². The van der Waals surface area contributed by atoms with Crippen molar-refractivity contribution in [2.45, 2.75) is 289 Å². The van der Waals surface area contributed by atoms with Gasteiger partial charge >= 0.3 is 0 Å². The second kappa shape index (κ2) is 50.2. The molecular formula is C52H106O5. The fourth-order valence-electron chi connectivity index (χ4n) is 8.45. The molecule has 2 N–H and O–H groups in total. The number of unbranched alkanes of at least 4 members (excludes halogenated alkanes) is 38. The molecule has 0 aliphatic rings. The van der Waals surface area contributed by atoms with Gasteiger partial charge < -0.3 is 24.4 Å². The summed E-state index contributed by atoms with van der Waals surface area (Å²) < 4.78 is 16.8. The van der Waals surface area contributed by atoms with E-state index in [1.165, 1.54) is 244 Å². The lowest BCUT2D eigenvalue weighted by Crippen LogP contribution is -2.35. The van der Waals surface area contributed by atoms with Gasteiger partial charge in [-0.3, -0.25) is 0 Å². The van der Waals surface area contributed by atoms with E-state index in [0.29, 0.717) is 39.6 Å². The molecule has 0 spiro atoms. The third-order valence-electron chi connectivity index (χ3n) is 12.3. The second-order valence-electron chi connectivity index (χ2n) is 18.2. The van der Waals surface area contributed by atoms with Gasteiger partial charge in [0.15, 0.2) is 0 Å². The van der Waals surface area contributed by atoms with Crippen molar-refractivity contribution in [3.8, 4) is 0 Å². The first-order chi connectivity index (χ1) is 28.2. The first kappa shape index (κ1) is 56.8. The van der Waals surface area contributed by atoms with Crippen molar-refractivity contribution in [1.82, 2.24) is 0 Å². The molecule has 0 aromatic carbocycles. The summed E-state index contributed by atoms with van der Waals surface area (Å²) in [5.74, 6) is 0. The van der Waals surface area contributed by atoms with Gasteiger partial charge in [0.25, 0.3) is 0 Å². The van der Waals surface area contributed by atoms with Gasteiger partial charge in [-0.2, -0.15) is 0 Å². The summed E-state index contributed by atoms with van der Waals surface area (Å²) >= 11 is 0. The number of hydrogen-bond acceptors (Lipinski definition) is 5. The van der Waals surface area contributed by atoms with Gasteiger partial charge in [0.2, 0.25) is 0 Å². The molecule has 0 aliphatic carbocycles. The highest BCUT2D eigenvalue weighted by Gasteiger charge is 2.26. The van der Waals surface area contributed by atoms with Gasteiger partial charge in [0.1, 0.15) is 0 Å². The van der Waals surface area contributed by atoms with E-state index in [1.54, 1.807) is 0 Å². The third kappa shape index (κ3) is 48.3. The van der Waals surface area contributed by atoms with Crippen LogP contribution in [-0.4, -0.2) is 62.1 Å². The minimum atomic E-state index is -0.716.